The van der Waals surface area contributed by atoms with Crippen molar-refractivity contribution in [1.82, 2.24) is 4.72 Å². The lowest BCUT2D eigenvalue weighted by atomic mass is 9.87. The number of ether oxygens (including phenoxy) is 1. The summed E-state index contributed by atoms with van der Waals surface area (Å²) in [6, 6.07) is 6.78. The molecule has 146 valence electrons. The van der Waals surface area contributed by atoms with Crippen molar-refractivity contribution >= 4 is 10.0 Å². The number of rotatable bonds is 4. The predicted molar refractivity (Wildman–Crippen MR) is 106 cm³/mol. The summed E-state index contributed by atoms with van der Waals surface area (Å²) in [7, 11) is -3.60. The standard InChI is InChI=1S/C21H27NO4S/c1-13-6-8-17(9-7-13)27(24,25)22-12-21(5)11-10-18-16(4)19(23)14(2)15(3)20(18)26-21/h6-9,22-23H,10-12H2,1-5H3. The van der Waals surface area contributed by atoms with E-state index in [1.807, 2.05) is 34.6 Å². The Bertz CT molecular complexity index is 980. The highest BCUT2D eigenvalue weighted by atomic mass is 32.2. The summed E-state index contributed by atoms with van der Waals surface area (Å²) in [4.78, 5) is 0.251. The monoisotopic (exact) mass is 389 g/mol. The third-order valence-electron chi connectivity index (χ3n) is 5.56. The second-order valence-electron chi connectivity index (χ2n) is 7.72. The van der Waals surface area contributed by atoms with Crippen LogP contribution in [-0.4, -0.2) is 25.7 Å². The SMILES string of the molecule is Cc1ccc(S(=O)(=O)NCC2(C)CCc3c(C)c(O)c(C)c(C)c3O2)cc1. The molecule has 2 N–H and O–H groups in total. The number of aryl methyl sites for hydroxylation is 1. The van der Waals surface area contributed by atoms with Gasteiger partial charge in [-0.05, 0) is 76.3 Å². The first kappa shape index (κ1) is 19.7. The first-order valence-corrected chi connectivity index (χ1v) is 10.6. The van der Waals surface area contributed by atoms with Crippen LogP contribution < -0.4 is 9.46 Å². The lowest BCUT2D eigenvalue weighted by Gasteiger charge is -2.38. The molecule has 1 heterocycles. The lowest BCUT2D eigenvalue weighted by molar-refractivity contribution is 0.0686. The van der Waals surface area contributed by atoms with E-state index in [-0.39, 0.29) is 11.4 Å². The third-order valence-corrected chi connectivity index (χ3v) is 6.98. The average molecular weight is 390 g/mol. The van der Waals surface area contributed by atoms with Gasteiger partial charge in [0.1, 0.15) is 17.1 Å². The fourth-order valence-electron chi connectivity index (χ4n) is 3.47. The van der Waals surface area contributed by atoms with Gasteiger partial charge in [-0.15, -0.1) is 0 Å². The summed E-state index contributed by atoms with van der Waals surface area (Å²) in [6.45, 7) is 9.71. The normalized spacial score (nSPS) is 19.4. The number of phenolic OH excluding ortho intramolecular Hbond substituents is 1. The highest BCUT2D eigenvalue weighted by Crippen LogP contribution is 2.43. The number of nitrogens with one attached hydrogen (secondary N) is 1. The molecule has 0 saturated heterocycles. The second kappa shape index (κ2) is 6.84. The maximum Gasteiger partial charge on any atom is 0.240 e. The molecule has 1 unspecified atom stereocenters. The van der Waals surface area contributed by atoms with Crippen LogP contribution in [0.2, 0.25) is 0 Å². The Hall–Kier alpha value is -2.05. The van der Waals surface area contributed by atoms with Crippen LogP contribution in [0.25, 0.3) is 0 Å². The molecule has 0 radical (unpaired) electrons. The van der Waals surface area contributed by atoms with Crippen LogP contribution in [-0.2, 0) is 16.4 Å². The summed E-state index contributed by atoms with van der Waals surface area (Å²) in [5, 5.41) is 10.3. The van der Waals surface area contributed by atoms with Gasteiger partial charge in [0, 0.05) is 5.56 Å². The number of hydrogen-bond acceptors (Lipinski definition) is 4. The predicted octanol–water partition coefficient (Wildman–Crippen LogP) is 3.69. The Morgan fingerprint density at radius 3 is 2.33 bits per heavy atom. The molecule has 0 spiro atoms. The Morgan fingerprint density at radius 2 is 1.70 bits per heavy atom. The number of phenols is 1. The van der Waals surface area contributed by atoms with Crippen molar-refractivity contribution in [3.8, 4) is 11.5 Å². The summed E-state index contributed by atoms with van der Waals surface area (Å²) in [5.41, 5.74) is 3.92. The van der Waals surface area contributed by atoms with Crippen molar-refractivity contribution in [2.45, 2.75) is 58.0 Å². The molecule has 0 fully saturated rings. The van der Waals surface area contributed by atoms with Gasteiger partial charge in [-0.1, -0.05) is 17.7 Å². The molecule has 0 aromatic heterocycles. The van der Waals surface area contributed by atoms with Gasteiger partial charge in [-0.2, -0.15) is 0 Å². The largest absolute Gasteiger partial charge is 0.507 e. The zero-order chi connectivity index (χ0) is 20.0. The van der Waals surface area contributed by atoms with Crippen molar-refractivity contribution in [3.63, 3.8) is 0 Å². The molecular weight excluding hydrogens is 362 g/mol. The van der Waals surface area contributed by atoms with Gasteiger partial charge >= 0.3 is 0 Å². The number of aromatic hydroxyl groups is 1. The summed E-state index contributed by atoms with van der Waals surface area (Å²) < 4.78 is 34.2. The molecule has 0 amide bonds. The van der Waals surface area contributed by atoms with E-state index >= 15 is 0 Å². The van der Waals surface area contributed by atoms with Crippen LogP contribution in [0.5, 0.6) is 11.5 Å². The average Bonchev–Trinajstić information content (AvgIpc) is 2.63. The van der Waals surface area contributed by atoms with Gasteiger partial charge in [-0.25, -0.2) is 13.1 Å². The quantitative estimate of drug-likeness (QED) is 0.836. The van der Waals surface area contributed by atoms with E-state index in [9.17, 15) is 13.5 Å². The smallest absolute Gasteiger partial charge is 0.240 e. The number of fused-ring (bicyclic) bond motifs is 1. The summed E-state index contributed by atoms with van der Waals surface area (Å²) in [5.74, 6) is 1.09. The first-order valence-electron chi connectivity index (χ1n) is 9.11. The lowest BCUT2D eigenvalue weighted by Crippen LogP contribution is -2.47. The zero-order valence-electron chi connectivity index (χ0n) is 16.5. The van der Waals surface area contributed by atoms with E-state index in [0.29, 0.717) is 12.2 Å². The van der Waals surface area contributed by atoms with E-state index in [2.05, 4.69) is 4.72 Å². The van der Waals surface area contributed by atoms with Gasteiger partial charge in [0.05, 0.1) is 11.4 Å². The van der Waals surface area contributed by atoms with Crippen LogP contribution in [0.1, 0.15) is 41.2 Å². The summed E-state index contributed by atoms with van der Waals surface area (Å²) >= 11 is 0. The number of benzene rings is 2. The van der Waals surface area contributed by atoms with Crippen molar-refractivity contribution in [1.29, 1.82) is 0 Å². The minimum absolute atomic E-state index is 0.182. The fourth-order valence-corrected chi connectivity index (χ4v) is 4.62. The van der Waals surface area contributed by atoms with E-state index < -0.39 is 15.6 Å². The van der Waals surface area contributed by atoms with Crippen LogP contribution in [0.15, 0.2) is 29.2 Å². The molecule has 1 aliphatic rings. The number of sulfonamides is 1. The van der Waals surface area contributed by atoms with Crippen LogP contribution >= 0.6 is 0 Å². The van der Waals surface area contributed by atoms with Gasteiger partial charge in [0.25, 0.3) is 0 Å². The van der Waals surface area contributed by atoms with E-state index in [1.54, 1.807) is 24.3 Å². The number of hydrogen-bond donors (Lipinski definition) is 2. The Labute approximate surface area is 161 Å². The van der Waals surface area contributed by atoms with Gasteiger partial charge in [0.15, 0.2) is 0 Å². The Kier molecular flexibility index (Phi) is 4.99. The molecule has 1 aliphatic heterocycles. The van der Waals surface area contributed by atoms with Crippen LogP contribution in [0.3, 0.4) is 0 Å². The fraction of sp³-hybridized carbons (Fsp3) is 0.429. The Morgan fingerprint density at radius 1 is 1.07 bits per heavy atom. The topological polar surface area (TPSA) is 75.6 Å². The molecule has 2 aromatic rings. The van der Waals surface area contributed by atoms with Gasteiger partial charge in [0.2, 0.25) is 10.0 Å². The zero-order valence-corrected chi connectivity index (χ0v) is 17.3. The van der Waals surface area contributed by atoms with E-state index in [0.717, 1.165) is 40.0 Å². The molecule has 3 rings (SSSR count). The first-order chi connectivity index (χ1) is 12.5. The van der Waals surface area contributed by atoms with Crippen molar-refractivity contribution in [2.75, 3.05) is 6.54 Å². The highest BCUT2D eigenvalue weighted by molar-refractivity contribution is 7.89. The maximum atomic E-state index is 12.6. The minimum atomic E-state index is -3.60. The molecule has 0 bridgehead atoms. The maximum absolute atomic E-state index is 12.6. The minimum Gasteiger partial charge on any atom is -0.507 e. The molecule has 1 atom stereocenters. The second-order valence-corrected chi connectivity index (χ2v) is 9.49. The molecule has 0 aliphatic carbocycles. The molecule has 6 heteroatoms. The highest BCUT2D eigenvalue weighted by Gasteiger charge is 2.35. The Balaban J connectivity index is 1.82. The van der Waals surface area contributed by atoms with Crippen molar-refractivity contribution in [3.05, 3.63) is 52.1 Å². The van der Waals surface area contributed by atoms with Crippen LogP contribution in [0.4, 0.5) is 0 Å². The van der Waals surface area contributed by atoms with Crippen molar-refractivity contribution in [2.24, 2.45) is 0 Å². The summed E-state index contributed by atoms with van der Waals surface area (Å²) in [6.07, 6.45) is 1.40. The molecule has 2 aromatic carbocycles. The van der Waals surface area contributed by atoms with Crippen LogP contribution in [0, 0.1) is 27.7 Å². The molecule has 5 nitrogen and oxygen atoms in total. The third kappa shape index (κ3) is 3.69. The van der Waals surface area contributed by atoms with E-state index in [4.69, 9.17) is 4.74 Å². The van der Waals surface area contributed by atoms with E-state index in [1.165, 1.54) is 0 Å². The van der Waals surface area contributed by atoms with Gasteiger partial charge in [-0.3, -0.25) is 0 Å². The molecular formula is C21H27NO4S. The molecule has 27 heavy (non-hydrogen) atoms. The van der Waals surface area contributed by atoms with Gasteiger partial charge < -0.3 is 9.84 Å². The van der Waals surface area contributed by atoms with Crippen molar-refractivity contribution < 1.29 is 18.3 Å². The molecule has 0 saturated carbocycles.